The summed E-state index contributed by atoms with van der Waals surface area (Å²) < 4.78 is 0. The summed E-state index contributed by atoms with van der Waals surface area (Å²) in [5.74, 6) is -0.679. The molecular weight excluding hydrogens is 202 g/mol. The minimum Gasteiger partial charge on any atom is -0.481 e. The zero-order valence-corrected chi connectivity index (χ0v) is 10.8. The third-order valence-electron chi connectivity index (χ3n) is 3.55. The van der Waals surface area contributed by atoms with E-state index in [1.807, 2.05) is 13.8 Å². The first-order valence-electron chi connectivity index (χ1n) is 6.45. The van der Waals surface area contributed by atoms with Crippen molar-refractivity contribution < 1.29 is 9.90 Å². The molecule has 0 aliphatic heterocycles. The molecule has 1 aliphatic rings. The zero-order chi connectivity index (χ0) is 12.2. The second kappa shape index (κ2) is 5.67. The summed E-state index contributed by atoms with van der Waals surface area (Å²) in [6.07, 6.45) is 5.64. The third kappa shape index (κ3) is 4.12. The molecule has 16 heavy (non-hydrogen) atoms. The first-order valence-corrected chi connectivity index (χ1v) is 6.45. The molecule has 0 saturated heterocycles. The minimum atomic E-state index is -0.679. The van der Waals surface area contributed by atoms with Crippen molar-refractivity contribution in [1.82, 2.24) is 4.90 Å². The first kappa shape index (κ1) is 13.5. The van der Waals surface area contributed by atoms with E-state index in [0.29, 0.717) is 0 Å². The normalized spacial score (nSPS) is 16.8. The molecule has 0 unspecified atom stereocenters. The predicted molar refractivity (Wildman–Crippen MR) is 65.5 cm³/mol. The highest BCUT2D eigenvalue weighted by Crippen LogP contribution is 2.28. The Morgan fingerprint density at radius 3 is 2.44 bits per heavy atom. The predicted octanol–water partition coefficient (Wildman–Crippen LogP) is 2.75. The number of nitrogens with zero attached hydrogens (tertiary/aromatic N) is 1. The van der Waals surface area contributed by atoms with Gasteiger partial charge in [-0.15, -0.1) is 0 Å². The molecular formula is C13H25NO2. The van der Waals surface area contributed by atoms with Crippen LogP contribution in [0.4, 0.5) is 0 Å². The molecule has 0 spiro atoms. The van der Waals surface area contributed by atoms with E-state index in [2.05, 4.69) is 11.8 Å². The van der Waals surface area contributed by atoms with Gasteiger partial charge in [0.1, 0.15) is 0 Å². The van der Waals surface area contributed by atoms with Gasteiger partial charge in [0.2, 0.25) is 0 Å². The van der Waals surface area contributed by atoms with Crippen molar-refractivity contribution in [2.45, 2.75) is 58.9 Å². The molecule has 94 valence electrons. The van der Waals surface area contributed by atoms with Crippen LogP contribution in [-0.2, 0) is 4.79 Å². The number of aliphatic carboxylic acids is 1. The summed E-state index contributed by atoms with van der Waals surface area (Å²) in [5.41, 5.74) is -0.559. The molecule has 0 atom stereocenters. The molecule has 0 radical (unpaired) electrons. The molecule has 1 rings (SSSR count). The summed E-state index contributed by atoms with van der Waals surface area (Å²) in [5, 5.41) is 8.98. The fourth-order valence-electron chi connectivity index (χ4n) is 2.03. The van der Waals surface area contributed by atoms with Crippen LogP contribution in [-0.4, -0.2) is 35.1 Å². The smallest absolute Gasteiger partial charge is 0.309 e. The SMILES string of the molecule is CCN(CCCCC(C)(C)C(=O)O)C1CC1. The number of hydrogen-bond donors (Lipinski definition) is 1. The Kier molecular flexibility index (Phi) is 4.78. The van der Waals surface area contributed by atoms with Gasteiger partial charge in [-0.1, -0.05) is 13.3 Å². The van der Waals surface area contributed by atoms with Crippen LogP contribution in [0.3, 0.4) is 0 Å². The second-order valence-corrected chi connectivity index (χ2v) is 5.51. The standard InChI is InChI=1S/C13H25NO2/c1-4-14(11-7-8-11)10-6-5-9-13(2,3)12(15)16/h11H,4-10H2,1-3H3,(H,15,16). The van der Waals surface area contributed by atoms with Crippen molar-refractivity contribution in [1.29, 1.82) is 0 Å². The second-order valence-electron chi connectivity index (χ2n) is 5.51. The third-order valence-corrected chi connectivity index (χ3v) is 3.55. The summed E-state index contributed by atoms with van der Waals surface area (Å²) in [7, 11) is 0. The average Bonchev–Trinajstić information content (AvgIpc) is 3.01. The van der Waals surface area contributed by atoms with Gasteiger partial charge in [0, 0.05) is 6.04 Å². The van der Waals surface area contributed by atoms with Crippen molar-refractivity contribution in [2.75, 3.05) is 13.1 Å². The molecule has 1 fully saturated rings. The van der Waals surface area contributed by atoms with Crippen molar-refractivity contribution in [3.05, 3.63) is 0 Å². The van der Waals surface area contributed by atoms with Crippen molar-refractivity contribution >= 4 is 5.97 Å². The van der Waals surface area contributed by atoms with Crippen molar-refractivity contribution in [3.63, 3.8) is 0 Å². The molecule has 0 aromatic carbocycles. The van der Waals surface area contributed by atoms with Crippen LogP contribution < -0.4 is 0 Å². The van der Waals surface area contributed by atoms with E-state index >= 15 is 0 Å². The number of rotatable bonds is 8. The molecule has 0 bridgehead atoms. The fourth-order valence-corrected chi connectivity index (χ4v) is 2.03. The Bertz CT molecular complexity index is 234. The Morgan fingerprint density at radius 1 is 1.38 bits per heavy atom. The van der Waals surface area contributed by atoms with Crippen LogP contribution in [0.15, 0.2) is 0 Å². The molecule has 1 N–H and O–H groups in total. The lowest BCUT2D eigenvalue weighted by molar-refractivity contribution is -0.147. The maximum Gasteiger partial charge on any atom is 0.309 e. The molecule has 1 aliphatic carbocycles. The lowest BCUT2D eigenvalue weighted by atomic mass is 9.87. The topological polar surface area (TPSA) is 40.5 Å². The van der Waals surface area contributed by atoms with E-state index in [1.54, 1.807) is 0 Å². The van der Waals surface area contributed by atoms with Gasteiger partial charge in [0.25, 0.3) is 0 Å². The maximum absolute atomic E-state index is 10.9. The van der Waals surface area contributed by atoms with Gasteiger partial charge in [-0.05, 0) is 52.6 Å². The summed E-state index contributed by atoms with van der Waals surface area (Å²) in [6.45, 7) is 8.10. The van der Waals surface area contributed by atoms with Crippen molar-refractivity contribution in [3.8, 4) is 0 Å². The number of unbranched alkanes of at least 4 members (excludes halogenated alkanes) is 1. The number of carboxylic acids is 1. The van der Waals surface area contributed by atoms with Crippen molar-refractivity contribution in [2.24, 2.45) is 5.41 Å². The van der Waals surface area contributed by atoms with E-state index in [1.165, 1.54) is 12.8 Å². The van der Waals surface area contributed by atoms with Crippen LogP contribution in [0, 0.1) is 5.41 Å². The molecule has 3 heteroatoms. The Labute approximate surface area is 98.8 Å². The van der Waals surface area contributed by atoms with Gasteiger partial charge in [0.05, 0.1) is 5.41 Å². The van der Waals surface area contributed by atoms with Crippen LogP contribution in [0.5, 0.6) is 0 Å². The van der Waals surface area contributed by atoms with E-state index in [-0.39, 0.29) is 0 Å². The summed E-state index contributed by atoms with van der Waals surface area (Å²) in [4.78, 5) is 13.4. The highest BCUT2D eigenvalue weighted by atomic mass is 16.4. The van der Waals surface area contributed by atoms with Crippen LogP contribution in [0.1, 0.15) is 52.9 Å². The van der Waals surface area contributed by atoms with Gasteiger partial charge < -0.3 is 10.0 Å². The molecule has 0 aromatic rings. The zero-order valence-electron chi connectivity index (χ0n) is 10.8. The first-order chi connectivity index (χ1) is 7.47. The van der Waals surface area contributed by atoms with Gasteiger partial charge in [-0.25, -0.2) is 0 Å². The van der Waals surface area contributed by atoms with E-state index < -0.39 is 11.4 Å². The summed E-state index contributed by atoms with van der Waals surface area (Å²) in [6, 6.07) is 0.831. The molecule has 0 amide bonds. The number of hydrogen-bond acceptors (Lipinski definition) is 2. The van der Waals surface area contributed by atoms with Crippen LogP contribution in [0.25, 0.3) is 0 Å². The number of carboxylic acid groups (broad SMARTS) is 1. The number of carbonyl (C=O) groups is 1. The molecule has 0 aromatic heterocycles. The quantitative estimate of drug-likeness (QED) is 0.648. The van der Waals surface area contributed by atoms with E-state index in [0.717, 1.165) is 38.4 Å². The van der Waals surface area contributed by atoms with E-state index in [4.69, 9.17) is 5.11 Å². The van der Waals surface area contributed by atoms with Gasteiger partial charge in [0.15, 0.2) is 0 Å². The largest absolute Gasteiger partial charge is 0.481 e. The lowest BCUT2D eigenvalue weighted by Gasteiger charge is -2.22. The Hall–Kier alpha value is -0.570. The van der Waals surface area contributed by atoms with Crippen LogP contribution in [0.2, 0.25) is 0 Å². The Morgan fingerprint density at radius 2 is 2.00 bits per heavy atom. The fraction of sp³-hybridized carbons (Fsp3) is 0.923. The monoisotopic (exact) mass is 227 g/mol. The highest BCUT2D eigenvalue weighted by Gasteiger charge is 2.28. The summed E-state index contributed by atoms with van der Waals surface area (Å²) >= 11 is 0. The van der Waals surface area contributed by atoms with E-state index in [9.17, 15) is 4.79 Å². The molecule has 3 nitrogen and oxygen atoms in total. The lowest BCUT2D eigenvalue weighted by Crippen LogP contribution is -2.27. The Balaban J connectivity index is 2.13. The minimum absolute atomic E-state index is 0.559. The van der Waals surface area contributed by atoms with Gasteiger partial charge >= 0.3 is 5.97 Å². The molecule has 1 saturated carbocycles. The molecule has 0 heterocycles. The maximum atomic E-state index is 10.9. The average molecular weight is 227 g/mol. The van der Waals surface area contributed by atoms with Gasteiger partial charge in [-0.2, -0.15) is 0 Å². The highest BCUT2D eigenvalue weighted by molar-refractivity contribution is 5.73. The van der Waals surface area contributed by atoms with Crippen LogP contribution >= 0.6 is 0 Å². The van der Waals surface area contributed by atoms with Gasteiger partial charge in [-0.3, -0.25) is 4.79 Å².